The fourth-order valence-electron chi connectivity index (χ4n) is 2.79. The number of carbonyl (C=O) groups is 2. The number of anilines is 1. The number of aromatic carboxylic acids is 1. The van der Waals surface area contributed by atoms with Crippen LogP contribution in [0.5, 0.6) is 0 Å². The summed E-state index contributed by atoms with van der Waals surface area (Å²) in [5.41, 5.74) is 2.54. The van der Waals surface area contributed by atoms with E-state index in [1.54, 1.807) is 25.1 Å². The SMILES string of the molecule is CCC(=O)Nc1ccc(-c2ccc(-c3ccccc3)c(F)c2)cc1C(=O)O. The molecule has 0 unspecified atom stereocenters. The van der Waals surface area contributed by atoms with Gasteiger partial charge in [0.05, 0.1) is 11.3 Å². The van der Waals surface area contributed by atoms with E-state index in [0.29, 0.717) is 16.7 Å². The molecule has 3 aromatic rings. The van der Waals surface area contributed by atoms with E-state index in [9.17, 15) is 19.1 Å². The molecular weight excluding hydrogens is 345 g/mol. The first-order valence-corrected chi connectivity index (χ1v) is 8.52. The third-order valence-corrected chi connectivity index (χ3v) is 4.23. The molecule has 0 aliphatic heterocycles. The molecule has 5 heteroatoms. The van der Waals surface area contributed by atoms with E-state index >= 15 is 0 Å². The fraction of sp³-hybridized carbons (Fsp3) is 0.0909. The second kappa shape index (κ2) is 7.83. The molecule has 27 heavy (non-hydrogen) atoms. The van der Waals surface area contributed by atoms with Crippen LogP contribution in [0.3, 0.4) is 0 Å². The zero-order chi connectivity index (χ0) is 19.4. The first-order valence-electron chi connectivity index (χ1n) is 8.52. The molecule has 0 aromatic heterocycles. The van der Waals surface area contributed by atoms with Crippen LogP contribution in [0.2, 0.25) is 0 Å². The van der Waals surface area contributed by atoms with E-state index in [1.165, 1.54) is 18.2 Å². The summed E-state index contributed by atoms with van der Waals surface area (Å²) < 4.78 is 14.6. The Morgan fingerprint density at radius 1 is 0.926 bits per heavy atom. The van der Waals surface area contributed by atoms with Crippen LogP contribution < -0.4 is 5.32 Å². The molecule has 136 valence electrons. The van der Waals surface area contributed by atoms with Crippen molar-refractivity contribution in [3.05, 3.63) is 78.1 Å². The number of amides is 1. The van der Waals surface area contributed by atoms with Crippen LogP contribution in [0.4, 0.5) is 10.1 Å². The van der Waals surface area contributed by atoms with E-state index in [4.69, 9.17) is 0 Å². The standard InChI is InChI=1S/C22H18FNO3/c1-2-21(25)24-20-11-9-15(12-18(20)22(26)27)16-8-10-17(19(23)13-16)14-6-4-3-5-7-14/h3-13H,2H2,1H3,(H,24,25)(H,26,27). The van der Waals surface area contributed by atoms with Gasteiger partial charge in [-0.3, -0.25) is 4.79 Å². The number of rotatable bonds is 5. The first kappa shape index (κ1) is 18.3. The minimum absolute atomic E-state index is 0.0400. The molecule has 0 aliphatic carbocycles. The van der Waals surface area contributed by atoms with Crippen molar-refractivity contribution in [3.63, 3.8) is 0 Å². The summed E-state index contributed by atoms with van der Waals surface area (Å²) >= 11 is 0. The van der Waals surface area contributed by atoms with Gasteiger partial charge in [-0.15, -0.1) is 0 Å². The van der Waals surface area contributed by atoms with E-state index in [-0.39, 0.29) is 29.4 Å². The maximum atomic E-state index is 14.6. The number of hydrogen-bond acceptors (Lipinski definition) is 2. The van der Waals surface area contributed by atoms with Gasteiger partial charge in [-0.05, 0) is 34.9 Å². The monoisotopic (exact) mass is 363 g/mol. The molecule has 0 fully saturated rings. The van der Waals surface area contributed by atoms with Crippen molar-refractivity contribution in [2.75, 3.05) is 5.32 Å². The summed E-state index contributed by atoms with van der Waals surface area (Å²) in [5, 5.41) is 12.0. The molecule has 3 rings (SSSR count). The van der Waals surface area contributed by atoms with Crippen LogP contribution >= 0.6 is 0 Å². The summed E-state index contributed by atoms with van der Waals surface area (Å²) in [5.74, 6) is -1.83. The molecule has 2 N–H and O–H groups in total. The van der Waals surface area contributed by atoms with Gasteiger partial charge in [0, 0.05) is 12.0 Å². The number of halogens is 1. The highest BCUT2D eigenvalue weighted by Crippen LogP contribution is 2.30. The lowest BCUT2D eigenvalue weighted by Gasteiger charge is -2.11. The lowest BCUT2D eigenvalue weighted by atomic mass is 9.98. The molecule has 0 radical (unpaired) electrons. The Hall–Kier alpha value is -3.47. The van der Waals surface area contributed by atoms with Crippen LogP contribution in [0, 0.1) is 5.82 Å². The van der Waals surface area contributed by atoms with Crippen molar-refractivity contribution >= 4 is 17.6 Å². The predicted octanol–water partition coefficient (Wildman–Crippen LogP) is 5.21. The number of carboxylic acids is 1. The molecule has 0 saturated carbocycles. The van der Waals surface area contributed by atoms with Crippen molar-refractivity contribution in [3.8, 4) is 22.3 Å². The molecule has 1 amide bonds. The van der Waals surface area contributed by atoms with Crippen LogP contribution in [0.15, 0.2) is 66.7 Å². The van der Waals surface area contributed by atoms with Gasteiger partial charge in [-0.2, -0.15) is 0 Å². The number of carboxylic acid groups (broad SMARTS) is 1. The van der Waals surface area contributed by atoms with Gasteiger partial charge in [-0.25, -0.2) is 9.18 Å². The summed E-state index contributed by atoms with van der Waals surface area (Å²) in [6, 6.07) is 18.6. The largest absolute Gasteiger partial charge is 0.478 e. The number of hydrogen-bond donors (Lipinski definition) is 2. The molecular formula is C22H18FNO3. The zero-order valence-electron chi connectivity index (χ0n) is 14.7. The van der Waals surface area contributed by atoms with Crippen LogP contribution in [0.25, 0.3) is 22.3 Å². The van der Waals surface area contributed by atoms with Crippen LogP contribution in [-0.2, 0) is 4.79 Å². The lowest BCUT2D eigenvalue weighted by molar-refractivity contribution is -0.115. The highest BCUT2D eigenvalue weighted by Gasteiger charge is 2.14. The first-order chi connectivity index (χ1) is 13.0. The number of nitrogens with one attached hydrogen (secondary N) is 1. The van der Waals surface area contributed by atoms with Crippen LogP contribution in [-0.4, -0.2) is 17.0 Å². The minimum atomic E-state index is -1.16. The second-order valence-corrected chi connectivity index (χ2v) is 6.03. The molecule has 0 bridgehead atoms. The van der Waals surface area contributed by atoms with E-state index < -0.39 is 5.97 Å². The highest BCUT2D eigenvalue weighted by molar-refractivity contribution is 6.01. The highest BCUT2D eigenvalue weighted by atomic mass is 19.1. The number of carbonyl (C=O) groups excluding carboxylic acids is 1. The van der Waals surface area contributed by atoms with Crippen LogP contribution in [0.1, 0.15) is 23.7 Å². The molecule has 0 heterocycles. The van der Waals surface area contributed by atoms with Crippen molar-refractivity contribution in [2.24, 2.45) is 0 Å². The van der Waals surface area contributed by atoms with Gasteiger partial charge in [0.1, 0.15) is 5.82 Å². The van der Waals surface area contributed by atoms with Gasteiger partial charge < -0.3 is 10.4 Å². The molecule has 4 nitrogen and oxygen atoms in total. The van der Waals surface area contributed by atoms with Crippen molar-refractivity contribution in [2.45, 2.75) is 13.3 Å². The lowest BCUT2D eigenvalue weighted by Crippen LogP contribution is -2.13. The third-order valence-electron chi connectivity index (χ3n) is 4.23. The molecule has 0 spiro atoms. The summed E-state index contributed by atoms with van der Waals surface area (Å²) in [6.45, 7) is 1.68. The summed E-state index contributed by atoms with van der Waals surface area (Å²) in [6.07, 6.45) is 0.243. The average molecular weight is 363 g/mol. The van der Waals surface area contributed by atoms with E-state index in [2.05, 4.69) is 5.32 Å². The summed E-state index contributed by atoms with van der Waals surface area (Å²) in [7, 11) is 0. The van der Waals surface area contributed by atoms with Crippen molar-refractivity contribution in [1.82, 2.24) is 0 Å². The Morgan fingerprint density at radius 3 is 2.22 bits per heavy atom. The zero-order valence-corrected chi connectivity index (χ0v) is 14.7. The maximum Gasteiger partial charge on any atom is 0.337 e. The van der Waals surface area contributed by atoms with Gasteiger partial charge in [0.15, 0.2) is 0 Å². The van der Waals surface area contributed by atoms with E-state index in [1.807, 2.05) is 30.3 Å². The quantitative estimate of drug-likeness (QED) is 0.654. The van der Waals surface area contributed by atoms with Gasteiger partial charge in [0.2, 0.25) is 5.91 Å². The van der Waals surface area contributed by atoms with Gasteiger partial charge in [0.25, 0.3) is 0 Å². The van der Waals surface area contributed by atoms with Gasteiger partial charge in [-0.1, -0.05) is 55.5 Å². The Balaban J connectivity index is 1.99. The minimum Gasteiger partial charge on any atom is -0.478 e. The average Bonchev–Trinajstić information content (AvgIpc) is 2.68. The normalized spacial score (nSPS) is 10.4. The molecule has 3 aromatic carbocycles. The fourth-order valence-corrected chi connectivity index (χ4v) is 2.79. The Bertz CT molecular complexity index is 1000. The molecule has 0 aliphatic rings. The molecule has 0 atom stereocenters. The second-order valence-electron chi connectivity index (χ2n) is 6.03. The smallest absolute Gasteiger partial charge is 0.337 e. The predicted molar refractivity (Wildman–Crippen MR) is 103 cm³/mol. The number of benzene rings is 3. The Labute approximate surface area is 156 Å². The molecule has 0 saturated heterocycles. The van der Waals surface area contributed by atoms with E-state index in [0.717, 1.165) is 5.56 Å². The Morgan fingerprint density at radius 2 is 1.59 bits per heavy atom. The van der Waals surface area contributed by atoms with Gasteiger partial charge >= 0.3 is 5.97 Å². The maximum absolute atomic E-state index is 14.6. The topological polar surface area (TPSA) is 66.4 Å². The summed E-state index contributed by atoms with van der Waals surface area (Å²) in [4.78, 5) is 23.1. The van der Waals surface area contributed by atoms with Crippen molar-refractivity contribution in [1.29, 1.82) is 0 Å². The Kier molecular flexibility index (Phi) is 5.31. The third kappa shape index (κ3) is 4.03. The van der Waals surface area contributed by atoms with Crippen molar-refractivity contribution < 1.29 is 19.1 Å².